The van der Waals surface area contributed by atoms with E-state index >= 15 is 0 Å². The highest BCUT2D eigenvalue weighted by Crippen LogP contribution is 2.37. The molecule has 0 radical (unpaired) electrons. The van der Waals surface area contributed by atoms with Crippen LogP contribution in [0.4, 0.5) is 4.39 Å². The van der Waals surface area contributed by atoms with Crippen LogP contribution >= 0.6 is 11.6 Å². The fourth-order valence-corrected chi connectivity index (χ4v) is 6.29. The van der Waals surface area contributed by atoms with Crippen molar-refractivity contribution in [3.8, 4) is 22.4 Å². The topological polar surface area (TPSA) is 35.2 Å². The van der Waals surface area contributed by atoms with Gasteiger partial charge in [-0.15, -0.1) is 0 Å². The Balaban J connectivity index is 1.33. The molecule has 2 fully saturated rings. The lowest BCUT2D eigenvalue weighted by Gasteiger charge is -2.41. The molecule has 4 nitrogen and oxygen atoms in total. The van der Waals surface area contributed by atoms with Gasteiger partial charge in [-0.05, 0) is 53.8 Å². The van der Waals surface area contributed by atoms with Crippen LogP contribution in [0.3, 0.4) is 0 Å². The Hall–Kier alpha value is -2.99. The van der Waals surface area contributed by atoms with Crippen LogP contribution in [0, 0.1) is 5.82 Å². The molecule has 0 bridgehead atoms. The Kier molecular flexibility index (Phi) is 7.10. The van der Waals surface area contributed by atoms with Crippen molar-refractivity contribution in [1.82, 2.24) is 20.0 Å². The molecule has 4 aromatic rings. The monoisotopic (exact) mass is 514 g/mol. The maximum atomic E-state index is 13.4. The SMILES string of the molecule is Fc1ccc(-c2ccc(C(c3cn[nH]c3-c3cccc(Cl)c3)N3CCN(C4CCCC4)CC3)cc2)cc1. The van der Waals surface area contributed by atoms with Gasteiger partial charge in [0, 0.05) is 48.4 Å². The number of aromatic amines is 1. The van der Waals surface area contributed by atoms with Gasteiger partial charge in [-0.2, -0.15) is 5.10 Å². The van der Waals surface area contributed by atoms with Crippen molar-refractivity contribution in [3.05, 3.63) is 101 Å². The lowest BCUT2D eigenvalue weighted by atomic mass is 9.93. The van der Waals surface area contributed by atoms with E-state index in [1.165, 1.54) is 43.4 Å². The summed E-state index contributed by atoms with van der Waals surface area (Å²) in [6.07, 6.45) is 7.39. The lowest BCUT2D eigenvalue weighted by Crippen LogP contribution is -2.50. The van der Waals surface area contributed by atoms with Crippen molar-refractivity contribution in [3.63, 3.8) is 0 Å². The van der Waals surface area contributed by atoms with Gasteiger partial charge in [0.15, 0.2) is 0 Å². The number of nitrogens with one attached hydrogen (secondary N) is 1. The van der Waals surface area contributed by atoms with E-state index in [2.05, 4.69) is 50.3 Å². The predicted octanol–water partition coefficient (Wildman–Crippen LogP) is 7.19. The Morgan fingerprint density at radius 2 is 1.51 bits per heavy atom. The van der Waals surface area contributed by atoms with Crippen LogP contribution in [0.2, 0.25) is 5.02 Å². The summed E-state index contributed by atoms with van der Waals surface area (Å²) in [5.74, 6) is -0.217. The van der Waals surface area contributed by atoms with E-state index in [9.17, 15) is 4.39 Å². The average Bonchev–Trinajstić information content (AvgIpc) is 3.64. The molecule has 190 valence electrons. The summed E-state index contributed by atoms with van der Waals surface area (Å²) in [6.45, 7) is 4.22. The minimum atomic E-state index is -0.217. The average molecular weight is 515 g/mol. The molecule has 37 heavy (non-hydrogen) atoms. The molecular weight excluding hydrogens is 483 g/mol. The van der Waals surface area contributed by atoms with E-state index in [1.54, 1.807) is 0 Å². The van der Waals surface area contributed by atoms with E-state index < -0.39 is 0 Å². The van der Waals surface area contributed by atoms with Gasteiger partial charge in [-0.3, -0.25) is 14.9 Å². The molecule has 1 unspecified atom stereocenters. The fourth-order valence-electron chi connectivity index (χ4n) is 6.10. The van der Waals surface area contributed by atoms with Crippen molar-refractivity contribution in [2.45, 2.75) is 37.8 Å². The number of aromatic nitrogens is 2. The van der Waals surface area contributed by atoms with Crippen LogP contribution in [-0.4, -0.2) is 52.2 Å². The van der Waals surface area contributed by atoms with Crippen LogP contribution in [-0.2, 0) is 0 Å². The maximum absolute atomic E-state index is 13.4. The number of nitrogens with zero attached hydrogens (tertiary/aromatic N) is 3. The third-order valence-corrected chi connectivity index (χ3v) is 8.27. The summed E-state index contributed by atoms with van der Waals surface area (Å²) in [7, 11) is 0. The standard InChI is InChI=1S/C31H32ClFN4/c32-26-5-3-4-25(20-26)30-29(21-34-35-30)31(37-18-16-36(17-19-37)28-6-1-2-7-28)24-10-8-22(9-11-24)23-12-14-27(33)15-13-23/h3-5,8-15,20-21,28,31H,1-2,6-7,16-19H2,(H,34,35). The molecule has 1 aromatic heterocycles. The molecular formula is C31H32ClFN4. The van der Waals surface area contributed by atoms with Crippen molar-refractivity contribution in [1.29, 1.82) is 0 Å². The number of hydrogen-bond donors (Lipinski definition) is 1. The first kappa shape index (κ1) is 24.4. The molecule has 1 aliphatic heterocycles. The third kappa shape index (κ3) is 5.22. The molecule has 1 N–H and O–H groups in total. The number of halogens is 2. The van der Waals surface area contributed by atoms with Crippen LogP contribution < -0.4 is 0 Å². The molecule has 6 rings (SSSR count). The second-order valence-electron chi connectivity index (χ2n) is 10.3. The predicted molar refractivity (Wildman–Crippen MR) is 148 cm³/mol. The van der Waals surface area contributed by atoms with E-state index in [4.69, 9.17) is 11.6 Å². The van der Waals surface area contributed by atoms with Crippen LogP contribution in [0.15, 0.2) is 79.0 Å². The minimum absolute atomic E-state index is 0.0701. The number of benzene rings is 3. The fraction of sp³-hybridized carbons (Fsp3) is 0.323. The smallest absolute Gasteiger partial charge is 0.123 e. The van der Waals surface area contributed by atoms with E-state index in [1.807, 2.05) is 36.5 Å². The summed E-state index contributed by atoms with van der Waals surface area (Å²) < 4.78 is 13.4. The molecule has 1 saturated carbocycles. The highest BCUT2D eigenvalue weighted by atomic mass is 35.5. The molecule has 6 heteroatoms. The third-order valence-electron chi connectivity index (χ3n) is 8.04. The van der Waals surface area contributed by atoms with Crippen molar-refractivity contribution >= 4 is 11.6 Å². The van der Waals surface area contributed by atoms with Gasteiger partial charge < -0.3 is 0 Å². The molecule has 1 atom stereocenters. The largest absolute Gasteiger partial charge is 0.298 e. The second kappa shape index (κ2) is 10.8. The van der Waals surface area contributed by atoms with Gasteiger partial charge in [0.25, 0.3) is 0 Å². The molecule has 1 aliphatic carbocycles. The lowest BCUT2D eigenvalue weighted by molar-refractivity contribution is 0.0806. The Morgan fingerprint density at radius 1 is 0.838 bits per heavy atom. The zero-order chi connectivity index (χ0) is 25.2. The van der Waals surface area contributed by atoms with Gasteiger partial charge in [-0.1, -0.05) is 73.0 Å². The summed E-state index contributed by atoms with van der Waals surface area (Å²) in [4.78, 5) is 5.29. The van der Waals surface area contributed by atoms with Crippen molar-refractivity contribution < 1.29 is 4.39 Å². The van der Waals surface area contributed by atoms with Gasteiger partial charge in [-0.25, -0.2) is 4.39 Å². The second-order valence-corrected chi connectivity index (χ2v) is 10.7. The number of hydrogen-bond acceptors (Lipinski definition) is 3. The molecule has 0 amide bonds. The normalized spacial score (nSPS) is 18.3. The molecule has 2 aliphatic rings. The first-order valence-electron chi connectivity index (χ1n) is 13.3. The van der Waals surface area contributed by atoms with Gasteiger partial charge >= 0.3 is 0 Å². The Bertz CT molecular complexity index is 1320. The van der Waals surface area contributed by atoms with Crippen molar-refractivity contribution in [2.75, 3.05) is 26.2 Å². The van der Waals surface area contributed by atoms with Crippen LogP contribution in [0.5, 0.6) is 0 Å². The number of H-pyrrole nitrogens is 1. The summed E-state index contributed by atoms with van der Waals surface area (Å²) >= 11 is 6.35. The first-order chi connectivity index (χ1) is 18.2. The van der Waals surface area contributed by atoms with Crippen LogP contribution in [0.1, 0.15) is 42.9 Å². The molecule has 3 aromatic carbocycles. The van der Waals surface area contributed by atoms with Crippen molar-refractivity contribution in [2.24, 2.45) is 0 Å². The number of piperazine rings is 1. The van der Waals surface area contributed by atoms with E-state index in [-0.39, 0.29) is 11.9 Å². The molecule has 0 spiro atoms. The van der Waals surface area contributed by atoms with E-state index in [0.29, 0.717) is 5.02 Å². The molecule has 1 saturated heterocycles. The summed E-state index contributed by atoms with van der Waals surface area (Å²) in [5, 5.41) is 8.45. The van der Waals surface area contributed by atoms with E-state index in [0.717, 1.165) is 60.2 Å². The van der Waals surface area contributed by atoms with Gasteiger partial charge in [0.1, 0.15) is 5.82 Å². The van der Waals surface area contributed by atoms with Gasteiger partial charge in [0.05, 0.1) is 17.9 Å². The minimum Gasteiger partial charge on any atom is -0.298 e. The quantitative estimate of drug-likeness (QED) is 0.296. The maximum Gasteiger partial charge on any atom is 0.123 e. The highest BCUT2D eigenvalue weighted by molar-refractivity contribution is 6.30. The Labute approximate surface area is 223 Å². The van der Waals surface area contributed by atoms with Gasteiger partial charge in [0.2, 0.25) is 0 Å². The summed E-state index contributed by atoms with van der Waals surface area (Å²) in [6, 6.07) is 24.2. The van der Waals surface area contributed by atoms with Crippen LogP contribution in [0.25, 0.3) is 22.4 Å². The Morgan fingerprint density at radius 3 is 2.19 bits per heavy atom. The number of rotatable bonds is 6. The zero-order valence-corrected chi connectivity index (χ0v) is 21.7. The summed E-state index contributed by atoms with van der Waals surface area (Å²) in [5.41, 5.74) is 6.52. The zero-order valence-electron chi connectivity index (χ0n) is 20.9. The molecule has 2 heterocycles. The first-order valence-corrected chi connectivity index (χ1v) is 13.7. The highest BCUT2D eigenvalue weighted by Gasteiger charge is 2.32.